The number of H-pyrrole nitrogens is 1. The van der Waals surface area contributed by atoms with Gasteiger partial charge in [0, 0.05) is 9.86 Å². The third-order valence-electron chi connectivity index (χ3n) is 2.96. The van der Waals surface area contributed by atoms with E-state index in [0.29, 0.717) is 11.7 Å². The van der Waals surface area contributed by atoms with Crippen molar-refractivity contribution in [1.82, 2.24) is 20.3 Å². The smallest absolute Gasteiger partial charge is 0.259 e. The first kappa shape index (κ1) is 11.8. The molecule has 1 aromatic carbocycles. The molecule has 0 bridgehead atoms. The Balaban J connectivity index is 1.86. The highest BCUT2D eigenvalue weighted by Crippen LogP contribution is 2.33. The SMILES string of the molecule is Brc1ccsc1-c1noc(-c2cccc3[nH]ncc23)n1. The molecule has 0 aliphatic rings. The van der Waals surface area contributed by atoms with Gasteiger partial charge in [0.25, 0.3) is 5.89 Å². The van der Waals surface area contributed by atoms with Crippen molar-refractivity contribution in [3.05, 3.63) is 40.3 Å². The Kier molecular flexibility index (Phi) is 2.68. The lowest BCUT2D eigenvalue weighted by Gasteiger charge is -1.95. The molecule has 3 heterocycles. The molecule has 0 amide bonds. The van der Waals surface area contributed by atoms with Gasteiger partial charge in [-0.2, -0.15) is 10.1 Å². The van der Waals surface area contributed by atoms with E-state index in [0.717, 1.165) is 25.8 Å². The van der Waals surface area contributed by atoms with E-state index in [-0.39, 0.29) is 0 Å². The summed E-state index contributed by atoms with van der Waals surface area (Å²) < 4.78 is 6.36. The summed E-state index contributed by atoms with van der Waals surface area (Å²) in [4.78, 5) is 5.43. The molecule has 20 heavy (non-hydrogen) atoms. The molecule has 0 radical (unpaired) electrons. The number of hydrogen-bond donors (Lipinski definition) is 1. The van der Waals surface area contributed by atoms with Crippen molar-refractivity contribution in [2.45, 2.75) is 0 Å². The summed E-state index contributed by atoms with van der Waals surface area (Å²) in [7, 11) is 0. The van der Waals surface area contributed by atoms with Gasteiger partial charge in [0.15, 0.2) is 0 Å². The Morgan fingerprint density at radius 3 is 3.05 bits per heavy atom. The van der Waals surface area contributed by atoms with Crippen LogP contribution in [0.5, 0.6) is 0 Å². The second-order valence-electron chi connectivity index (χ2n) is 4.16. The Morgan fingerprint density at radius 2 is 2.20 bits per heavy atom. The molecule has 5 nitrogen and oxygen atoms in total. The third kappa shape index (κ3) is 1.78. The predicted octanol–water partition coefficient (Wildman–Crippen LogP) is 4.10. The van der Waals surface area contributed by atoms with Gasteiger partial charge in [0.1, 0.15) is 0 Å². The van der Waals surface area contributed by atoms with Crippen LogP contribution in [0.25, 0.3) is 33.1 Å². The fourth-order valence-corrected chi connectivity index (χ4v) is 3.51. The largest absolute Gasteiger partial charge is 0.334 e. The molecule has 0 fully saturated rings. The first-order valence-electron chi connectivity index (χ1n) is 5.82. The molecule has 0 aliphatic heterocycles. The van der Waals surface area contributed by atoms with Gasteiger partial charge in [0.2, 0.25) is 5.82 Å². The number of fused-ring (bicyclic) bond motifs is 1. The summed E-state index contributed by atoms with van der Waals surface area (Å²) in [6.45, 7) is 0. The molecule has 0 unspecified atom stereocenters. The lowest BCUT2D eigenvalue weighted by atomic mass is 10.1. The second-order valence-corrected chi connectivity index (χ2v) is 5.93. The number of thiophene rings is 1. The van der Waals surface area contributed by atoms with E-state index in [9.17, 15) is 0 Å². The van der Waals surface area contributed by atoms with E-state index < -0.39 is 0 Å². The number of aromatic amines is 1. The van der Waals surface area contributed by atoms with E-state index in [1.54, 1.807) is 17.5 Å². The fraction of sp³-hybridized carbons (Fsp3) is 0. The van der Waals surface area contributed by atoms with E-state index >= 15 is 0 Å². The number of nitrogens with zero attached hydrogens (tertiary/aromatic N) is 3. The molecule has 98 valence electrons. The fourth-order valence-electron chi connectivity index (χ4n) is 2.03. The summed E-state index contributed by atoms with van der Waals surface area (Å²) in [5.41, 5.74) is 1.82. The molecule has 0 saturated heterocycles. The van der Waals surface area contributed by atoms with Crippen LogP contribution in [0.1, 0.15) is 0 Å². The van der Waals surface area contributed by atoms with Crippen molar-refractivity contribution in [2.75, 3.05) is 0 Å². The lowest BCUT2D eigenvalue weighted by molar-refractivity contribution is 0.433. The third-order valence-corrected chi connectivity index (χ3v) is 4.80. The van der Waals surface area contributed by atoms with Gasteiger partial charge in [-0.15, -0.1) is 11.3 Å². The van der Waals surface area contributed by atoms with Crippen molar-refractivity contribution in [2.24, 2.45) is 0 Å². The summed E-state index contributed by atoms with van der Waals surface area (Å²) in [6, 6.07) is 7.80. The maximum absolute atomic E-state index is 5.39. The average Bonchev–Trinajstić information content (AvgIpc) is 3.17. The van der Waals surface area contributed by atoms with Gasteiger partial charge in [-0.05, 0) is 39.5 Å². The van der Waals surface area contributed by atoms with Crippen LogP contribution in [0.2, 0.25) is 0 Å². The van der Waals surface area contributed by atoms with Crippen LogP contribution < -0.4 is 0 Å². The summed E-state index contributed by atoms with van der Waals surface area (Å²) in [5.74, 6) is 1.08. The standard InChI is InChI=1S/C13H7BrN4OS/c14-9-4-5-20-11(9)12-16-13(19-18-12)7-2-1-3-10-8(7)6-15-17-10/h1-6H,(H,15,17). The summed E-state index contributed by atoms with van der Waals surface area (Å²) in [5, 5.41) is 14.0. The van der Waals surface area contributed by atoms with E-state index in [4.69, 9.17) is 4.52 Å². The topological polar surface area (TPSA) is 67.6 Å². The molecular weight excluding hydrogens is 340 g/mol. The van der Waals surface area contributed by atoms with Gasteiger partial charge in [-0.25, -0.2) is 0 Å². The molecule has 0 spiro atoms. The van der Waals surface area contributed by atoms with Crippen LogP contribution >= 0.6 is 27.3 Å². The van der Waals surface area contributed by atoms with Gasteiger partial charge in [-0.3, -0.25) is 5.10 Å². The Hall–Kier alpha value is -1.99. The van der Waals surface area contributed by atoms with Crippen LogP contribution in [0, 0.1) is 0 Å². The van der Waals surface area contributed by atoms with Gasteiger partial charge >= 0.3 is 0 Å². The highest BCUT2D eigenvalue weighted by Gasteiger charge is 2.16. The zero-order valence-corrected chi connectivity index (χ0v) is 12.4. The van der Waals surface area contributed by atoms with Crippen molar-refractivity contribution in [1.29, 1.82) is 0 Å². The van der Waals surface area contributed by atoms with Crippen LogP contribution in [0.15, 0.2) is 44.8 Å². The average molecular weight is 347 g/mol. The summed E-state index contributed by atoms with van der Waals surface area (Å²) in [6.07, 6.45) is 1.76. The van der Waals surface area contributed by atoms with E-state index in [1.807, 2.05) is 29.6 Å². The first-order chi connectivity index (χ1) is 9.83. The molecule has 4 aromatic rings. The Bertz CT molecular complexity index is 894. The highest BCUT2D eigenvalue weighted by atomic mass is 79.9. The van der Waals surface area contributed by atoms with Crippen molar-refractivity contribution < 1.29 is 4.52 Å². The van der Waals surface area contributed by atoms with Crippen LogP contribution in [-0.4, -0.2) is 20.3 Å². The molecule has 7 heteroatoms. The number of hydrogen-bond acceptors (Lipinski definition) is 5. The number of rotatable bonds is 2. The highest BCUT2D eigenvalue weighted by molar-refractivity contribution is 9.10. The molecule has 0 aliphatic carbocycles. The molecule has 0 saturated carbocycles. The minimum absolute atomic E-state index is 0.493. The maximum Gasteiger partial charge on any atom is 0.259 e. The normalized spacial score (nSPS) is 11.2. The number of benzene rings is 1. The number of nitrogens with one attached hydrogen (secondary N) is 1. The molecule has 4 rings (SSSR count). The number of halogens is 1. The Labute approximate surface area is 125 Å². The van der Waals surface area contributed by atoms with Crippen molar-refractivity contribution in [3.63, 3.8) is 0 Å². The van der Waals surface area contributed by atoms with Gasteiger partial charge in [-0.1, -0.05) is 11.2 Å². The van der Waals surface area contributed by atoms with E-state index in [2.05, 4.69) is 36.3 Å². The van der Waals surface area contributed by atoms with Crippen LogP contribution in [0.4, 0.5) is 0 Å². The maximum atomic E-state index is 5.39. The monoisotopic (exact) mass is 346 g/mol. The van der Waals surface area contributed by atoms with Gasteiger partial charge in [0.05, 0.1) is 22.2 Å². The molecule has 3 aromatic heterocycles. The second kappa shape index (κ2) is 4.53. The minimum Gasteiger partial charge on any atom is -0.334 e. The molecule has 1 N–H and O–H groups in total. The Morgan fingerprint density at radius 1 is 1.25 bits per heavy atom. The van der Waals surface area contributed by atoms with E-state index in [1.165, 1.54) is 0 Å². The predicted molar refractivity (Wildman–Crippen MR) is 80.4 cm³/mol. The molecule has 0 atom stereocenters. The zero-order chi connectivity index (χ0) is 13.5. The lowest BCUT2D eigenvalue weighted by Crippen LogP contribution is -1.80. The van der Waals surface area contributed by atoms with Crippen molar-refractivity contribution >= 4 is 38.2 Å². The van der Waals surface area contributed by atoms with Crippen LogP contribution in [0.3, 0.4) is 0 Å². The zero-order valence-electron chi connectivity index (χ0n) is 10.0. The van der Waals surface area contributed by atoms with Crippen LogP contribution in [-0.2, 0) is 0 Å². The minimum atomic E-state index is 0.493. The summed E-state index contributed by atoms with van der Waals surface area (Å²) >= 11 is 5.04. The first-order valence-corrected chi connectivity index (χ1v) is 7.50. The molecular formula is C13H7BrN4OS. The van der Waals surface area contributed by atoms with Gasteiger partial charge < -0.3 is 4.52 Å². The quantitative estimate of drug-likeness (QED) is 0.593. The van der Waals surface area contributed by atoms with Crippen molar-refractivity contribution in [3.8, 4) is 22.2 Å². The number of aromatic nitrogens is 4.